The van der Waals surface area contributed by atoms with Gasteiger partial charge in [0.2, 0.25) is 0 Å². The van der Waals surface area contributed by atoms with Gasteiger partial charge in [-0.25, -0.2) is 0 Å². The Labute approximate surface area is 102 Å². The van der Waals surface area contributed by atoms with E-state index >= 15 is 0 Å². The van der Waals surface area contributed by atoms with Crippen molar-refractivity contribution in [2.75, 3.05) is 5.33 Å². The van der Waals surface area contributed by atoms with Gasteiger partial charge in [-0.1, -0.05) is 56.9 Å². The van der Waals surface area contributed by atoms with E-state index in [1.54, 1.807) is 0 Å². The summed E-state index contributed by atoms with van der Waals surface area (Å²) in [5.74, 6) is 0. The Bertz CT molecular complexity index is 382. The largest absolute Gasteiger partial charge is 0.0920 e. The van der Waals surface area contributed by atoms with Gasteiger partial charge in [-0.3, -0.25) is 0 Å². The monoisotopic (exact) mass is 285 g/mol. The fourth-order valence-corrected chi connectivity index (χ4v) is 1.45. The molecule has 1 aromatic carbocycles. The summed E-state index contributed by atoms with van der Waals surface area (Å²) < 4.78 is 0. The zero-order chi connectivity index (χ0) is 11.1. The van der Waals surface area contributed by atoms with E-state index in [-0.39, 0.29) is 6.04 Å². The number of benzene rings is 1. The third-order valence-electron chi connectivity index (χ3n) is 1.74. The molecule has 0 aromatic heterocycles. The van der Waals surface area contributed by atoms with Crippen LogP contribution >= 0.6 is 27.5 Å². The Balaban J connectivity index is 2.71. The van der Waals surface area contributed by atoms with Gasteiger partial charge in [0, 0.05) is 15.3 Å². The lowest BCUT2D eigenvalue weighted by molar-refractivity contribution is 0.936. The van der Waals surface area contributed by atoms with Crippen LogP contribution in [0.25, 0.3) is 16.5 Å². The minimum atomic E-state index is -0.161. The van der Waals surface area contributed by atoms with Gasteiger partial charge >= 0.3 is 0 Å². The predicted octanol–water partition coefficient (Wildman–Crippen LogP) is 4.43. The number of hydrogen-bond acceptors (Lipinski definition) is 1. The molecule has 0 aliphatic heterocycles. The second-order valence-corrected chi connectivity index (χ2v) is 3.92. The second kappa shape index (κ2) is 6.51. The van der Waals surface area contributed by atoms with E-state index in [0.717, 1.165) is 5.56 Å². The maximum absolute atomic E-state index is 8.29. The van der Waals surface area contributed by atoms with Crippen LogP contribution in [-0.4, -0.2) is 11.4 Å². The molecule has 0 saturated carbocycles. The standard InChI is InChI=1S/C10H9BrClN3/c11-7-10(14-15-13)6-3-8-1-4-9(12)5-2-8/h1-6,10H,7H2/b6-3+. The summed E-state index contributed by atoms with van der Waals surface area (Å²) in [5, 5.41) is 4.92. The van der Waals surface area contributed by atoms with Crippen molar-refractivity contribution in [2.45, 2.75) is 6.04 Å². The first-order chi connectivity index (χ1) is 7.26. The van der Waals surface area contributed by atoms with Crippen LogP contribution < -0.4 is 0 Å². The molecule has 5 heteroatoms. The van der Waals surface area contributed by atoms with Crippen molar-refractivity contribution in [1.82, 2.24) is 0 Å². The zero-order valence-electron chi connectivity index (χ0n) is 7.85. The summed E-state index contributed by atoms with van der Waals surface area (Å²) >= 11 is 9.02. The molecule has 1 atom stereocenters. The lowest BCUT2D eigenvalue weighted by Crippen LogP contribution is -1.98. The molecular formula is C10H9BrClN3. The van der Waals surface area contributed by atoms with Gasteiger partial charge < -0.3 is 0 Å². The summed E-state index contributed by atoms with van der Waals surface area (Å²) in [7, 11) is 0. The van der Waals surface area contributed by atoms with E-state index < -0.39 is 0 Å². The van der Waals surface area contributed by atoms with E-state index in [1.165, 1.54) is 0 Å². The molecule has 0 aliphatic rings. The van der Waals surface area contributed by atoms with Crippen molar-refractivity contribution in [3.63, 3.8) is 0 Å². The number of alkyl halides is 1. The molecular weight excluding hydrogens is 277 g/mol. The van der Waals surface area contributed by atoms with Crippen LogP contribution in [0.4, 0.5) is 0 Å². The molecule has 0 radical (unpaired) electrons. The highest BCUT2D eigenvalue weighted by Crippen LogP contribution is 2.11. The van der Waals surface area contributed by atoms with Gasteiger partial charge in [-0.15, -0.1) is 0 Å². The lowest BCUT2D eigenvalue weighted by Gasteiger charge is -1.98. The highest BCUT2D eigenvalue weighted by molar-refractivity contribution is 9.09. The van der Waals surface area contributed by atoms with E-state index in [0.29, 0.717) is 10.4 Å². The fraction of sp³-hybridized carbons (Fsp3) is 0.200. The fourth-order valence-electron chi connectivity index (χ4n) is 0.983. The molecule has 78 valence electrons. The molecule has 0 heterocycles. The Hall–Kier alpha value is -0.960. The van der Waals surface area contributed by atoms with Crippen LogP contribution in [0.1, 0.15) is 5.56 Å². The molecule has 1 unspecified atom stereocenters. The average molecular weight is 287 g/mol. The minimum absolute atomic E-state index is 0.161. The van der Waals surface area contributed by atoms with Gasteiger partial charge in [0.25, 0.3) is 0 Å². The first kappa shape index (κ1) is 12.1. The highest BCUT2D eigenvalue weighted by Gasteiger charge is 1.97. The molecule has 0 spiro atoms. The topological polar surface area (TPSA) is 48.8 Å². The first-order valence-corrected chi connectivity index (χ1v) is 5.80. The molecule has 0 saturated heterocycles. The molecule has 15 heavy (non-hydrogen) atoms. The van der Waals surface area contributed by atoms with Crippen LogP contribution in [0.5, 0.6) is 0 Å². The maximum atomic E-state index is 8.29. The highest BCUT2D eigenvalue weighted by atomic mass is 79.9. The normalized spacial score (nSPS) is 12.4. The van der Waals surface area contributed by atoms with Crippen molar-refractivity contribution in [1.29, 1.82) is 0 Å². The summed E-state index contributed by atoms with van der Waals surface area (Å²) in [6, 6.07) is 7.28. The Morgan fingerprint density at radius 2 is 2.13 bits per heavy atom. The van der Waals surface area contributed by atoms with Crippen molar-refractivity contribution in [3.8, 4) is 0 Å². The molecule has 1 rings (SSSR count). The lowest BCUT2D eigenvalue weighted by atomic mass is 10.2. The number of hydrogen-bond donors (Lipinski definition) is 0. The van der Waals surface area contributed by atoms with Crippen molar-refractivity contribution < 1.29 is 0 Å². The van der Waals surface area contributed by atoms with Gasteiger partial charge in [-0.2, -0.15) is 0 Å². The number of azide groups is 1. The third kappa shape index (κ3) is 4.38. The van der Waals surface area contributed by atoms with Crippen LogP contribution in [0.15, 0.2) is 35.5 Å². The second-order valence-electron chi connectivity index (χ2n) is 2.84. The molecule has 3 nitrogen and oxygen atoms in total. The smallest absolute Gasteiger partial charge is 0.0655 e. The van der Waals surface area contributed by atoms with Crippen LogP contribution in [-0.2, 0) is 0 Å². The molecule has 1 aromatic rings. The Kier molecular flexibility index (Phi) is 5.26. The summed E-state index contributed by atoms with van der Waals surface area (Å²) in [5.41, 5.74) is 9.31. The van der Waals surface area contributed by atoms with E-state index in [9.17, 15) is 0 Å². The van der Waals surface area contributed by atoms with Gasteiger partial charge in [0.1, 0.15) is 0 Å². The summed E-state index contributed by atoms with van der Waals surface area (Å²) in [4.78, 5) is 2.76. The van der Waals surface area contributed by atoms with Crippen LogP contribution in [0.2, 0.25) is 5.02 Å². The Morgan fingerprint density at radius 3 is 2.67 bits per heavy atom. The quantitative estimate of drug-likeness (QED) is 0.340. The molecule has 0 amide bonds. The van der Waals surface area contributed by atoms with E-state index in [2.05, 4.69) is 26.0 Å². The van der Waals surface area contributed by atoms with Crippen molar-refractivity contribution >= 4 is 33.6 Å². The molecule has 0 N–H and O–H groups in total. The first-order valence-electron chi connectivity index (χ1n) is 4.30. The van der Waals surface area contributed by atoms with Crippen molar-refractivity contribution in [2.24, 2.45) is 5.11 Å². The Morgan fingerprint density at radius 1 is 1.47 bits per heavy atom. The van der Waals surface area contributed by atoms with Crippen molar-refractivity contribution in [3.05, 3.63) is 51.4 Å². The SMILES string of the molecule is [N-]=[N+]=NC(/C=C/c1ccc(Cl)cc1)CBr. The predicted molar refractivity (Wildman–Crippen MR) is 67.2 cm³/mol. The third-order valence-corrected chi connectivity index (χ3v) is 2.65. The van der Waals surface area contributed by atoms with Crippen LogP contribution in [0.3, 0.4) is 0 Å². The van der Waals surface area contributed by atoms with E-state index in [1.807, 2.05) is 36.4 Å². The average Bonchev–Trinajstić information content (AvgIpc) is 2.26. The number of rotatable bonds is 4. The maximum Gasteiger partial charge on any atom is 0.0655 e. The van der Waals surface area contributed by atoms with Gasteiger partial charge in [0.05, 0.1) is 6.04 Å². The summed E-state index contributed by atoms with van der Waals surface area (Å²) in [6.07, 6.45) is 3.74. The van der Waals surface area contributed by atoms with E-state index in [4.69, 9.17) is 17.1 Å². The van der Waals surface area contributed by atoms with Gasteiger partial charge in [-0.05, 0) is 23.2 Å². The summed E-state index contributed by atoms with van der Waals surface area (Å²) in [6.45, 7) is 0. The van der Waals surface area contributed by atoms with Gasteiger partial charge in [0.15, 0.2) is 0 Å². The van der Waals surface area contributed by atoms with Crippen LogP contribution in [0, 0.1) is 0 Å². The molecule has 0 fully saturated rings. The zero-order valence-corrected chi connectivity index (χ0v) is 10.2. The molecule has 0 bridgehead atoms. The number of halogens is 2. The molecule has 0 aliphatic carbocycles. The minimum Gasteiger partial charge on any atom is -0.0920 e. The number of nitrogens with zero attached hydrogens (tertiary/aromatic N) is 3.